The van der Waals surface area contributed by atoms with Gasteiger partial charge in [-0.2, -0.15) is 0 Å². The Balaban J connectivity index is 3.12. The molecule has 0 atom stereocenters. The molecule has 0 aliphatic carbocycles. The summed E-state index contributed by atoms with van der Waals surface area (Å²) in [4.78, 5) is 0. The second kappa shape index (κ2) is 7.71. The third-order valence-corrected chi connectivity index (χ3v) is 5.10. The van der Waals surface area contributed by atoms with Crippen LogP contribution in [-0.2, 0) is 20.2 Å². The van der Waals surface area contributed by atoms with Crippen molar-refractivity contribution >= 4 is 31.2 Å². The third-order valence-electron chi connectivity index (χ3n) is 2.25. The first-order chi connectivity index (χ1) is 9.36. The van der Waals surface area contributed by atoms with Crippen molar-refractivity contribution in [3.05, 3.63) is 5.02 Å². The number of rotatable bonds is 8. The summed E-state index contributed by atoms with van der Waals surface area (Å²) in [6.07, 6.45) is 0.898. The minimum absolute atomic E-state index is 0.0651. The van der Waals surface area contributed by atoms with Gasteiger partial charge in [0.1, 0.15) is 10.0 Å². The number of phosphoric acid groups is 1. The number of nitrogens with zero attached hydrogens (tertiary/aromatic N) is 2. The van der Waals surface area contributed by atoms with Crippen LogP contribution in [-0.4, -0.2) is 29.3 Å². The molecule has 0 aliphatic heterocycles. The highest BCUT2D eigenvalue weighted by molar-refractivity contribution is 7.99. The first-order valence-electron chi connectivity index (χ1n) is 6.20. The molecule has 1 rings (SSSR count). The fourth-order valence-electron chi connectivity index (χ4n) is 1.42. The Bertz CT molecular complexity index is 487. The highest BCUT2D eigenvalue weighted by Gasteiger charge is 2.29. The predicted octanol–water partition coefficient (Wildman–Crippen LogP) is 4.23. The molecule has 1 aromatic heterocycles. The number of aryl methyl sites for hydroxylation is 1. The Labute approximate surface area is 128 Å². The third kappa shape index (κ3) is 4.40. The molecule has 6 nitrogen and oxygen atoms in total. The van der Waals surface area contributed by atoms with Gasteiger partial charge < -0.3 is 4.52 Å². The van der Waals surface area contributed by atoms with Crippen molar-refractivity contribution in [3.63, 3.8) is 0 Å². The standard InChI is InChI=1S/C11H20ClN2O4PS/c1-6-7-14-11(20-8(2)3)9(12)10(13-14)18-19(15,16-4)17-5/h8H,6-7H2,1-5H3. The van der Waals surface area contributed by atoms with Crippen LogP contribution in [0, 0.1) is 0 Å². The van der Waals surface area contributed by atoms with E-state index in [0.717, 1.165) is 11.4 Å². The average Bonchev–Trinajstić information content (AvgIpc) is 2.67. The molecule has 0 unspecified atom stereocenters. The van der Waals surface area contributed by atoms with Crippen LogP contribution in [0.4, 0.5) is 0 Å². The van der Waals surface area contributed by atoms with Crippen LogP contribution in [0.5, 0.6) is 5.88 Å². The van der Waals surface area contributed by atoms with Crippen molar-refractivity contribution in [2.24, 2.45) is 0 Å². The van der Waals surface area contributed by atoms with E-state index in [1.165, 1.54) is 14.2 Å². The number of thioether (sulfide) groups is 1. The molecule has 0 N–H and O–H groups in total. The second-order valence-corrected chi connectivity index (χ2v) is 7.97. The van der Waals surface area contributed by atoms with E-state index in [1.54, 1.807) is 16.4 Å². The van der Waals surface area contributed by atoms with Gasteiger partial charge in [-0.25, -0.2) is 4.57 Å². The lowest BCUT2D eigenvalue weighted by atomic mass is 10.5. The summed E-state index contributed by atoms with van der Waals surface area (Å²) in [5.41, 5.74) is 0. The lowest BCUT2D eigenvalue weighted by molar-refractivity contribution is 0.208. The number of hydrogen-bond donors (Lipinski definition) is 0. The maximum atomic E-state index is 12.0. The predicted molar refractivity (Wildman–Crippen MR) is 80.8 cm³/mol. The van der Waals surface area contributed by atoms with Crippen LogP contribution in [0.1, 0.15) is 27.2 Å². The van der Waals surface area contributed by atoms with E-state index in [-0.39, 0.29) is 5.88 Å². The van der Waals surface area contributed by atoms with E-state index in [2.05, 4.69) is 18.9 Å². The van der Waals surface area contributed by atoms with Gasteiger partial charge in [0.25, 0.3) is 5.88 Å². The van der Waals surface area contributed by atoms with Gasteiger partial charge in [0, 0.05) is 26.0 Å². The van der Waals surface area contributed by atoms with E-state index in [1.807, 2.05) is 6.92 Å². The van der Waals surface area contributed by atoms with Gasteiger partial charge in [-0.05, 0) is 6.42 Å². The Hall–Kier alpha value is -0.200. The van der Waals surface area contributed by atoms with Gasteiger partial charge in [0.15, 0.2) is 0 Å². The topological polar surface area (TPSA) is 62.6 Å². The van der Waals surface area contributed by atoms with E-state index in [0.29, 0.717) is 16.8 Å². The second-order valence-electron chi connectivity index (χ2n) is 4.22. The summed E-state index contributed by atoms with van der Waals surface area (Å²) in [6, 6.07) is 0. The fourth-order valence-corrected chi connectivity index (χ4v) is 3.31. The van der Waals surface area contributed by atoms with Crippen molar-refractivity contribution in [1.82, 2.24) is 9.78 Å². The molecular formula is C11H20ClN2O4PS. The van der Waals surface area contributed by atoms with Gasteiger partial charge in [-0.1, -0.05) is 32.4 Å². The number of aromatic nitrogens is 2. The van der Waals surface area contributed by atoms with Crippen LogP contribution in [0.3, 0.4) is 0 Å². The Morgan fingerprint density at radius 3 is 2.45 bits per heavy atom. The monoisotopic (exact) mass is 342 g/mol. The van der Waals surface area contributed by atoms with Gasteiger partial charge >= 0.3 is 7.82 Å². The van der Waals surface area contributed by atoms with Gasteiger partial charge in [-0.3, -0.25) is 13.7 Å². The maximum Gasteiger partial charge on any atom is 0.530 e. The Morgan fingerprint density at radius 2 is 2.00 bits per heavy atom. The molecule has 0 saturated carbocycles. The summed E-state index contributed by atoms with van der Waals surface area (Å²) in [5.74, 6) is 0.0651. The highest BCUT2D eigenvalue weighted by Crippen LogP contribution is 2.50. The van der Waals surface area contributed by atoms with Crippen molar-refractivity contribution < 1.29 is 18.1 Å². The van der Waals surface area contributed by atoms with Crippen LogP contribution in [0.15, 0.2) is 5.03 Å². The normalized spacial score (nSPS) is 12.2. The maximum absolute atomic E-state index is 12.0. The molecule has 0 spiro atoms. The zero-order chi connectivity index (χ0) is 15.3. The number of hydrogen-bond acceptors (Lipinski definition) is 6. The Morgan fingerprint density at radius 1 is 1.40 bits per heavy atom. The minimum Gasteiger partial charge on any atom is -0.382 e. The molecule has 1 heterocycles. The van der Waals surface area contributed by atoms with Crippen LogP contribution in [0.25, 0.3) is 0 Å². The molecule has 0 fully saturated rings. The lowest BCUT2D eigenvalue weighted by Gasteiger charge is -2.12. The van der Waals surface area contributed by atoms with Gasteiger partial charge in [0.05, 0.1) is 0 Å². The first kappa shape index (κ1) is 17.9. The van der Waals surface area contributed by atoms with E-state index in [4.69, 9.17) is 25.2 Å². The summed E-state index contributed by atoms with van der Waals surface area (Å²) >= 11 is 7.84. The van der Waals surface area contributed by atoms with Crippen molar-refractivity contribution in [1.29, 1.82) is 0 Å². The molecule has 0 aromatic carbocycles. The molecule has 20 heavy (non-hydrogen) atoms. The summed E-state index contributed by atoms with van der Waals surface area (Å²) in [5, 5.41) is 5.69. The lowest BCUT2D eigenvalue weighted by Crippen LogP contribution is -2.03. The van der Waals surface area contributed by atoms with Crippen LogP contribution < -0.4 is 4.52 Å². The van der Waals surface area contributed by atoms with Crippen molar-refractivity contribution in [2.45, 2.75) is 44.0 Å². The first-order valence-corrected chi connectivity index (χ1v) is 8.92. The molecule has 116 valence electrons. The molecular weight excluding hydrogens is 323 g/mol. The van der Waals surface area contributed by atoms with Crippen molar-refractivity contribution in [3.8, 4) is 5.88 Å². The van der Waals surface area contributed by atoms with Gasteiger partial charge in [-0.15, -0.1) is 16.9 Å². The van der Waals surface area contributed by atoms with E-state index >= 15 is 0 Å². The van der Waals surface area contributed by atoms with Gasteiger partial charge in [0.2, 0.25) is 0 Å². The minimum atomic E-state index is -3.66. The summed E-state index contributed by atoms with van der Waals surface area (Å²) in [7, 11) is -1.18. The Kier molecular flexibility index (Phi) is 6.88. The van der Waals surface area contributed by atoms with E-state index in [9.17, 15) is 4.57 Å². The quantitative estimate of drug-likeness (QED) is 0.520. The fraction of sp³-hybridized carbons (Fsp3) is 0.727. The smallest absolute Gasteiger partial charge is 0.382 e. The molecule has 0 bridgehead atoms. The number of phosphoric ester groups is 1. The summed E-state index contributed by atoms with van der Waals surface area (Å²) in [6.45, 7) is 6.84. The molecule has 1 aromatic rings. The molecule has 0 radical (unpaired) electrons. The zero-order valence-corrected chi connectivity index (χ0v) is 14.7. The molecule has 0 amide bonds. The number of halogens is 1. The zero-order valence-electron chi connectivity index (χ0n) is 12.3. The largest absolute Gasteiger partial charge is 0.530 e. The van der Waals surface area contributed by atoms with Crippen molar-refractivity contribution in [2.75, 3.05) is 14.2 Å². The molecule has 0 saturated heterocycles. The SMILES string of the molecule is CCCn1nc(OP(=O)(OC)OC)c(Cl)c1SC(C)C. The molecule has 0 aliphatic rings. The van der Waals surface area contributed by atoms with Crippen LogP contribution in [0.2, 0.25) is 5.02 Å². The molecule has 9 heteroatoms. The van der Waals surface area contributed by atoms with E-state index < -0.39 is 7.82 Å². The summed E-state index contributed by atoms with van der Waals surface area (Å²) < 4.78 is 28.4. The highest BCUT2D eigenvalue weighted by atomic mass is 35.5. The van der Waals surface area contributed by atoms with Crippen LogP contribution >= 0.6 is 31.2 Å². The average molecular weight is 343 g/mol.